The molecule has 5 heteroatoms. The van der Waals surface area contributed by atoms with Gasteiger partial charge in [-0.3, -0.25) is 14.5 Å². The van der Waals surface area contributed by atoms with Crippen molar-refractivity contribution < 1.29 is 14.0 Å². The zero-order valence-corrected chi connectivity index (χ0v) is 12.8. The first-order valence-corrected chi connectivity index (χ1v) is 7.21. The van der Waals surface area contributed by atoms with E-state index in [-0.39, 0.29) is 17.6 Å². The lowest BCUT2D eigenvalue weighted by atomic mass is 9.98. The summed E-state index contributed by atoms with van der Waals surface area (Å²) in [5.41, 5.74) is 1.02. The molecule has 0 aromatic heterocycles. The lowest BCUT2D eigenvalue weighted by molar-refractivity contribution is -0.133. The predicted octanol–water partition coefficient (Wildman–Crippen LogP) is 2.40. The van der Waals surface area contributed by atoms with Crippen LogP contribution in [0.5, 0.6) is 0 Å². The standard InChI is InChI=1S/C16H21FN2O2/c1-9(2)7-14-16(21)19(11(4)15(20)18-14)12-5-6-13(17)10(3)8-12/h5-6,8-9,11,14H,7H2,1-4H3,(H,18,20). The van der Waals surface area contributed by atoms with E-state index in [2.05, 4.69) is 5.32 Å². The summed E-state index contributed by atoms with van der Waals surface area (Å²) >= 11 is 0. The summed E-state index contributed by atoms with van der Waals surface area (Å²) in [5.74, 6) is -0.340. The van der Waals surface area contributed by atoms with Crippen molar-refractivity contribution in [3.05, 3.63) is 29.6 Å². The molecule has 0 bridgehead atoms. The van der Waals surface area contributed by atoms with E-state index in [0.717, 1.165) is 0 Å². The molecule has 2 atom stereocenters. The fraction of sp³-hybridized carbons (Fsp3) is 0.500. The minimum absolute atomic E-state index is 0.137. The molecule has 1 aromatic carbocycles. The van der Waals surface area contributed by atoms with Gasteiger partial charge < -0.3 is 5.32 Å². The van der Waals surface area contributed by atoms with Crippen LogP contribution in [0.3, 0.4) is 0 Å². The monoisotopic (exact) mass is 292 g/mol. The molecule has 21 heavy (non-hydrogen) atoms. The molecular weight excluding hydrogens is 271 g/mol. The summed E-state index contributed by atoms with van der Waals surface area (Å²) in [7, 11) is 0. The Morgan fingerprint density at radius 2 is 2.00 bits per heavy atom. The minimum atomic E-state index is -0.592. The maximum Gasteiger partial charge on any atom is 0.250 e. The zero-order valence-electron chi connectivity index (χ0n) is 12.8. The number of hydrogen-bond donors (Lipinski definition) is 1. The number of hydrogen-bond acceptors (Lipinski definition) is 2. The van der Waals surface area contributed by atoms with Crippen LogP contribution in [-0.2, 0) is 9.59 Å². The second kappa shape index (κ2) is 5.84. The van der Waals surface area contributed by atoms with Crippen LogP contribution in [0.25, 0.3) is 0 Å². The predicted molar refractivity (Wildman–Crippen MR) is 79.5 cm³/mol. The summed E-state index contributed by atoms with van der Waals surface area (Å²) in [6.45, 7) is 7.33. The molecule has 2 amide bonds. The Morgan fingerprint density at radius 3 is 2.57 bits per heavy atom. The third kappa shape index (κ3) is 3.06. The van der Waals surface area contributed by atoms with Crippen molar-refractivity contribution in [3.63, 3.8) is 0 Å². The molecule has 4 nitrogen and oxygen atoms in total. The van der Waals surface area contributed by atoms with Crippen LogP contribution in [0.15, 0.2) is 18.2 Å². The highest BCUT2D eigenvalue weighted by molar-refractivity contribution is 6.08. The van der Waals surface area contributed by atoms with Crippen molar-refractivity contribution in [1.82, 2.24) is 5.32 Å². The van der Waals surface area contributed by atoms with Gasteiger partial charge in [0.25, 0.3) is 0 Å². The molecule has 1 fully saturated rings. The normalized spacial score (nSPS) is 22.7. The molecule has 2 unspecified atom stereocenters. The number of benzene rings is 1. The molecule has 1 N–H and O–H groups in total. The Morgan fingerprint density at radius 1 is 1.33 bits per heavy atom. The molecule has 0 radical (unpaired) electrons. The third-order valence-corrected chi connectivity index (χ3v) is 3.75. The van der Waals surface area contributed by atoms with Crippen LogP contribution in [0, 0.1) is 18.7 Å². The van der Waals surface area contributed by atoms with Gasteiger partial charge in [0, 0.05) is 5.69 Å². The summed E-state index contributed by atoms with van der Waals surface area (Å²) < 4.78 is 13.4. The maximum absolute atomic E-state index is 13.4. The van der Waals surface area contributed by atoms with Crippen LogP contribution in [-0.4, -0.2) is 23.9 Å². The van der Waals surface area contributed by atoms with Gasteiger partial charge in [-0.2, -0.15) is 0 Å². The molecule has 0 saturated carbocycles. The molecule has 1 saturated heterocycles. The van der Waals surface area contributed by atoms with Crippen molar-refractivity contribution in [1.29, 1.82) is 0 Å². The number of carbonyl (C=O) groups excluding carboxylic acids is 2. The van der Waals surface area contributed by atoms with E-state index in [1.165, 1.54) is 11.0 Å². The molecule has 1 aromatic rings. The molecule has 2 rings (SSSR count). The van der Waals surface area contributed by atoms with Crippen LogP contribution >= 0.6 is 0 Å². The summed E-state index contributed by atoms with van der Waals surface area (Å²) in [4.78, 5) is 26.2. The Hall–Kier alpha value is -1.91. The molecule has 1 heterocycles. The number of piperazine rings is 1. The number of rotatable bonds is 3. The average molecular weight is 292 g/mol. The lowest BCUT2D eigenvalue weighted by Gasteiger charge is -2.38. The average Bonchev–Trinajstić information content (AvgIpc) is 2.40. The van der Waals surface area contributed by atoms with Gasteiger partial charge in [-0.05, 0) is 49.9 Å². The quantitative estimate of drug-likeness (QED) is 0.930. The highest BCUT2D eigenvalue weighted by Crippen LogP contribution is 2.25. The van der Waals surface area contributed by atoms with Crippen LogP contribution in [0.2, 0.25) is 0 Å². The summed E-state index contributed by atoms with van der Waals surface area (Å²) in [6.07, 6.45) is 0.591. The van der Waals surface area contributed by atoms with Crippen molar-refractivity contribution in [2.24, 2.45) is 5.92 Å². The zero-order chi connectivity index (χ0) is 15.7. The number of amides is 2. The van der Waals surface area contributed by atoms with E-state index in [0.29, 0.717) is 23.6 Å². The Balaban J connectivity index is 2.36. The third-order valence-electron chi connectivity index (χ3n) is 3.75. The van der Waals surface area contributed by atoms with E-state index in [4.69, 9.17) is 0 Å². The van der Waals surface area contributed by atoms with Gasteiger partial charge in [-0.15, -0.1) is 0 Å². The van der Waals surface area contributed by atoms with Gasteiger partial charge in [0.15, 0.2) is 0 Å². The number of nitrogens with zero attached hydrogens (tertiary/aromatic N) is 1. The SMILES string of the molecule is Cc1cc(N2C(=O)C(CC(C)C)NC(=O)C2C)ccc1F. The maximum atomic E-state index is 13.4. The first kappa shape index (κ1) is 15.5. The smallest absolute Gasteiger partial charge is 0.250 e. The number of nitrogens with one attached hydrogen (secondary N) is 1. The molecule has 1 aliphatic rings. The van der Waals surface area contributed by atoms with E-state index in [1.807, 2.05) is 13.8 Å². The van der Waals surface area contributed by atoms with Gasteiger partial charge >= 0.3 is 0 Å². The van der Waals surface area contributed by atoms with Gasteiger partial charge in [0.2, 0.25) is 11.8 Å². The molecule has 114 valence electrons. The lowest BCUT2D eigenvalue weighted by Crippen LogP contribution is -2.63. The largest absolute Gasteiger partial charge is 0.342 e. The molecule has 0 spiro atoms. The first-order chi connectivity index (χ1) is 9.81. The van der Waals surface area contributed by atoms with Crippen molar-refractivity contribution in [2.75, 3.05) is 4.90 Å². The highest BCUT2D eigenvalue weighted by atomic mass is 19.1. The van der Waals surface area contributed by atoms with Crippen LogP contribution < -0.4 is 10.2 Å². The van der Waals surface area contributed by atoms with Gasteiger partial charge in [-0.1, -0.05) is 13.8 Å². The molecular formula is C16H21FN2O2. The number of aryl methyl sites for hydroxylation is 1. The van der Waals surface area contributed by atoms with E-state index in [9.17, 15) is 14.0 Å². The minimum Gasteiger partial charge on any atom is -0.342 e. The topological polar surface area (TPSA) is 49.4 Å². The Labute approximate surface area is 124 Å². The highest BCUT2D eigenvalue weighted by Gasteiger charge is 2.39. The summed E-state index contributed by atoms with van der Waals surface area (Å²) in [6, 6.07) is 3.37. The molecule has 1 aliphatic heterocycles. The van der Waals surface area contributed by atoms with Crippen molar-refractivity contribution >= 4 is 17.5 Å². The van der Waals surface area contributed by atoms with E-state index in [1.54, 1.807) is 26.0 Å². The number of anilines is 1. The van der Waals surface area contributed by atoms with Crippen LogP contribution in [0.4, 0.5) is 10.1 Å². The summed E-state index contributed by atoms with van der Waals surface area (Å²) in [5, 5.41) is 2.77. The van der Waals surface area contributed by atoms with Crippen molar-refractivity contribution in [3.8, 4) is 0 Å². The molecule has 0 aliphatic carbocycles. The fourth-order valence-corrected chi connectivity index (χ4v) is 2.59. The van der Waals surface area contributed by atoms with Gasteiger partial charge in [-0.25, -0.2) is 4.39 Å². The van der Waals surface area contributed by atoms with E-state index >= 15 is 0 Å². The van der Waals surface area contributed by atoms with Gasteiger partial charge in [0.05, 0.1) is 0 Å². The number of carbonyl (C=O) groups is 2. The second-order valence-electron chi connectivity index (χ2n) is 6.01. The number of halogens is 1. The fourth-order valence-electron chi connectivity index (χ4n) is 2.59. The first-order valence-electron chi connectivity index (χ1n) is 7.21. The Bertz CT molecular complexity index is 571. The Kier molecular flexibility index (Phi) is 4.30. The van der Waals surface area contributed by atoms with Gasteiger partial charge in [0.1, 0.15) is 17.9 Å². The van der Waals surface area contributed by atoms with E-state index < -0.39 is 12.1 Å². The van der Waals surface area contributed by atoms with Crippen molar-refractivity contribution in [2.45, 2.75) is 46.2 Å². The van der Waals surface area contributed by atoms with Crippen LogP contribution in [0.1, 0.15) is 32.8 Å². The second-order valence-corrected chi connectivity index (χ2v) is 6.01.